The van der Waals surface area contributed by atoms with Gasteiger partial charge in [-0.2, -0.15) is 0 Å². The molecule has 0 saturated carbocycles. The van der Waals surface area contributed by atoms with Crippen LogP contribution in [-0.4, -0.2) is 12.4 Å². The van der Waals surface area contributed by atoms with Gasteiger partial charge in [-0.05, 0) is 24.0 Å². The molecule has 1 heterocycles. The highest BCUT2D eigenvalue weighted by atomic mass is 32.8. The van der Waals surface area contributed by atoms with Gasteiger partial charge in [0, 0.05) is 15.5 Å². The summed E-state index contributed by atoms with van der Waals surface area (Å²) < 4.78 is 5.12. The van der Waals surface area contributed by atoms with Gasteiger partial charge >= 0.3 is 0 Å². The molecule has 0 bridgehead atoms. The van der Waals surface area contributed by atoms with Crippen LogP contribution in [0.1, 0.15) is 12.8 Å². The van der Waals surface area contributed by atoms with Crippen LogP contribution in [0.25, 0.3) is 0 Å². The summed E-state index contributed by atoms with van der Waals surface area (Å²) in [5.41, 5.74) is 0. The van der Waals surface area contributed by atoms with E-state index in [0.29, 0.717) is 0 Å². The molecule has 0 aromatic rings. The lowest BCUT2D eigenvalue weighted by atomic mass is 10.4. The molecule has 0 aromatic carbocycles. The van der Waals surface area contributed by atoms with Crippen molar-refractivity contribution < 1.29 is 4.18 Å². The van der Waals surface area contributed by atoms with Gasteiger partial charge in [-0.25, -0.2) is 0 Å². The number of hydrogen-bond donors (Lipinski definition) is 0. The van der Waals surface area contributed by atoms with E-state index in [1.54, 1.807) is 0 Å². The highest BCUT2D eigenvalue weighted by molar-refractivity contribution is 8.26. The standard InChI is InChI=1S/C4H8OS2/c6-7-4-2-1-3-5-7/h1-4H2. The van der Waals surface area contributed by atoms with E-state index in [9.17, 15) is 0 Å². The molecule has 1 fully saturated rings. The molecule has 0 aromatic heterocycles. The van der Waals surface area contributed by atoms with Crippen molar-refractivity contribution in [2.24, 2.45) is 0 Å². The molecule has 1 atom stereocenters. The second-order valence-corrected chi connectivity index (χ2v) is 3.90. The molecule has 1 rings (SSSR count). The van der Waals surface area contributed by atoms with Crippen molar-refractivity contribution in [1.29, 1.82) is 0 Å². The average molecular weight is 136 g/mol. The molecule has 1 nitrogen and oxygen atoms in total. The number of rotatable bonds is 0. The summed E-state index contributed by atoms with van der Waals surface area (Å²) in [6.45, 7) is 0.895. The van der Waals surface area contributed by atoms with Gasteiger partial charge in [0.05, 0.1) is 6.61 Å². The first-order valence-electron chi connectivity index (χ1n) is 2.41. The number of hydrogen-bond acceptors (Lipinski definition) is 2. The van der Waals surface area contributed by atoms with Gasteiger partial charge in [0.25, 0.3) is 0 Å². The Morgan fingerprint density at radius 1 is 1.43 bits per heavy atom. The highest BCUT2D eigenvalue weighted by Gasteiger charge is 2.01. The van der Waals surface area contributed by atoms with Crippen LogP contribution in [0.3, 0.4) is 0 Å². The Labute approximate surface area is 50.9 Å². The Hall–Kier alpha value is 0.530. The fourth-order valence-corrected chi connectivity index (χ4v) is 1.95. The van der Waals surface area contributed by atoms with Gasteiger partial charge in [-0.1, -0.05) is 0 Å². The summed E-state index contributed by atoms with van der Waals surface area (Å²) in [4.78, 5) is 0. The van der Waals surface area contributed by atoms with Gasteiger partial charge in [-0.15, -0.1) is 0 Å². The highest BCUT2D eigenvalue weighted by Crippen LogP contribution is 2.02. The molecule has 0 N–H and O–H groups in total. The first-order valence-corrected chi connectivity index (χ1v) is 4.65. The van der Waals surface area contributed by atoms with E-state index in [1.807, 2.05) is 0 Å². The maximum absolute atomic E-state index is 5.12. The van der Waals surface area contributed by atoms with Crippen molar-refractivity contribution in [2.45, 2.75) is 12.8 Å². The SMILES string of the molecule is S=S1CCCCO1. The maximum Gasteiger partial charge on any atom is 0.0617 e. The van der Waals surface area contributed by atoms with E-state index in [-0.39, 0.29) is 9.74 Å². The molecule has 0 aliphatic carbocycles. The van der Waals surface area contributed by atoms with Crippen LogP contribution in [-0.2, 0) is 25.1 Å². The summed E-state index contributed by atoms with van der Waals surface area (Å²) in [5.74, 6) is 1.11. The lowest BCUT2D eigenvalue weighted by Gasteiger charge is -2.10. The molecule has 1 aliphatic heterocycles. The Morgan fingerprint density at radius 2 is 2.29 bits per heavy atom. The van der Waals surface area contributed by atoms with E-state index in [2.05, 4.69) is 0 Å². The van der Waals surface area contributed by atoms with E-state index in [1.165, 1.54) is 12.8 Å². The van der Waals surface area contributed by atoms with Crippen LogP contribution >= 0.6 is 0 Å². The largest absolute Gasteiger partial charge is 0.312 e. The molecule has 0 amide bonds. The van der Waals surface area contributed by atoms with Crippen molar-refractivity contribution in [3.8, 4) is 0 Å². The zero-order valence-corrected chi connectivity index (χ0v) is 5.69. The molecule has 3 heteroatoms. The molecule has 0 spiro atoms. The van der Waals surface area contributed by atoms with Crippen molar-refractivity contribution in [2.75, 3.05) is 12.4 Å². The summed E-state index contributed by atoms with van der Waals surface area (Å²) in [6, 6.07) is 0. The molecule has 1 aliphatic rings. The van der Waals surface area contributed by atoms with Crippen LogP contribution in [0.4, 0.5) is 0 Å². The first kappa shape index (κ1) is 5.66. The molecule has 1 unspecified atom stereocenters. The fourth-order valence-electron chi connectivity index (χ4n) is 0.533. The van der Waals surface area contributed by atoms with E-state index >= 15 is 0 Å². The minimum Gasteiger partial charge on any atom is -0.312 e. The minimum absolute atomic E-state index is 0.107. The zero-order chi connectivity index (χ0) is 5.11. The second kappa shape index (κ2) is 2.74. The monoisotopic (exact) mass is 136 g/mol. The molecular weight excluding hydrogens is 128 g/mol. The smallest absolute Gasteiger partial charge is 0.0617 e. The third-order valence-electron chi connectivity index (χ3n) is 0.920. The Morgan fingerprint density at radius 3 is 2.57 bits per heavy atom. The maximum atomic E-state index is 5.12. The van der Waals surface area contributed by atoms with Gasteiger partial charge < -0.3 is 4.18 Å². The van der Waals surface area contributed by atoms with Crippen LogP contribution in [0.2, 0.25) is 0 Å². The normalized spacial score (nSPS) is 32.9. The zero-order valence-electron chi connectivity index (χ0n) is 4.05. The van der Waals surface area contributed by atoms with Crippen LogP contribution in [0, 0.1) is 0 Å². The lowest BCUT2D eigenvalue weighted by Crippen LogP contribution is -2.09. The Balaban J connectivity index is 2.25. The molecule has 7 heavy (non-hydrogen) atoms. The first-order chi connectivity index (χ1) is 3.39. The average Bonchev–Trinajstić information content (AvgIpc) is 1.69. The minimum atomic E-state index is -0.107. The van der Waals surface area contributed by atoms with E-state index in [4.69, 9.17) is 15.4 Å². The second-order valence-electron chi connectivity index (χ2n) is 1.54. The van der Waals surface area contributed by atoms with Crippen LogP contribution in [0.15, 0.2) is 0 Å². The quantitative estimate of drug-likeness (QED) is 0.487. The van der Waals surface area contributed by atoms with Crippen molar-refractivity contribution in [1.82, 2.24) is 0 Å². The summed E-state index contributed by atoms with van der Waals surface area (Å²) >= 11 is 4.89. The Kier molecular flexibility index (Phi) is 2.22. The third kappa shape index (κ3) is 1.84. The predicted molar refractivity (Wildman–Crippen MR) is 34.8 cm³/mol. The van der Waals surface area contributed by atoms with Gasteiger partial charge in [0.15, 0.2) is 0 Å². The summed E-state index contributed by atoms with van der Waals surface area (Å²) in [5, 5.41) is 0. The molecule has 0 radical (unpaired) electrons. The fraction of sp³-hybridized carbons (Fsp3) is 1.00. The van der Waals surface area contributed by atoms with E-state index < -0.39 is 0 Å². The van der Waals surface area contributed by atoms with Crippen molar-refractivity contribution >= 4 is 20.9 Å². The third-order valence-corrected chi connectivity index (χ3v) is 2.76. The summed E-state index contributed by atoms with van der Waals surface area (Å²) in [7, 11) is -0.107. The van der Waals surface area contributed by atoms with Crippen LogP contribution in [0.5, 0.6) is 0 Å². The van der Waals surface area contributed by atoms with Gasteiger partial charge in [0.2, 0.25) is 0 Å². The molecule has 42 valence electrons. The van der Waals surface area contributed by atoms with Crippen molar-refractivity contribution in [3.63, 3.8) is 0 Å². The van der Waals surface area contributed by atoms with Gasteiger partial charge in [0.1, 0.15) is 0 Å². The predicted octanol–water partition coefficient (Wildman–Crippen LogP) is 0.792. The van der Waals surface area contributed by atoms with E-state index in [0.717, 1.165) is 12.4 Å². The molecule has 1 saturated heterocycles. The van der Waals surface area contributed by atoms with Crippen molar-refractivity contribution in [3.05, 3.63) is 0 Å². The molecular formula is C4H8OS2. The summed E-state index contributed by atoms with van der Waals surface area (Å²) in [6.07, 6.45) is 2.48. The van der Waals surface area contributed by atoms with Crippen LogP contribution < -0.4 is 0 Å². The Bertz CT molecular complexity index is 73.8. The lowest BCUT2D eigenvalue weighted by molar-refractivity contribution is 0.341. The van der Waals surface area contributed by atoms with Gasteiger partial charge in [-0.3, -0.25) is 0 Å². The topological polar surface area (TPSA) is 9.23 Å².